The van der Waals surface area contributed by atoms with Gasteiger partial charge >= 0.3 is 12.1 Å². The molecule has 0 aliphatic heterocycles. The fourth-order valence-corrected chi connectivity index (χ4v) is 2.81. The monoisotopic (exact) mass is 476 g/mol. The van der Waals surface area contributed by atoms with E-state index in [0.717, 1.165) is 11.1 Å². The van der Waals surface area contributed by atoms with Gasteiger partial charge < -0.3 is 20.1 Å². The van der Waals surface area contributed by atoms with Gasteiger partial charge in [-0.3, -0.25) is 14.4 Å². The minimum absolute atomic E-state index is 0.0662. The molecule has 34 heavy (non-hydrogen) atoms. The second-order valence-corrected chi connectivity index (χ2v) is 9.92. The van der Waals surface area contributed by atoms with E-state index in [-0.39, 0.29) is 48.9 Å². The predicted octanol–water partition coefficient (Wildman–Crippen LogP) is 3.94. The molecule has 0 aliphatic carbocycles. The highest BCUT2D eigenvalue weighted by molar-refractivity contribution is 5.90. The van der Waals surface area contributed by atoms with Crippen LogP contribution in [0.25, 0.3) is 0 Å². The van der Waals surface area contributed by atoms with E-state index < -0.39 is 17.7 Å². The zero-order valence-corrected chi connectivity index (χ0v) is 21.5. The molecule has 1 aromatic rings. The first-order chi connectivity index (χ1) is 15.8. The maximum absolute atomic E-state index is 12.5. The summed E-state index contributed by atoms with van der Waals surface area (Å²) in [6, 6.07) is 6.70. The van der Waals surface area contributed by atoms with Gasteiger partial charge in [0.05, 0.1) is 6.04 Å². The van der Waals surface area contributed by atoms with Crippen LogP contribution in [0.5, 0.6) is 0 Å². The highest BCUT2D eigenvalue weighted by atomic mass is 16.6. The molecule has 2 atom stereocenters. The first kappa shape index (κ1) is 29.1. The summed E-state index contributed by atoms with van der Waals surface area (Å²) in [6.45, 7) is 13.3. The first-order valence-electron chi connectivity index (χ1n) is 11.8. The molecular formula is C26H40N2O6. The summed E-state index contributed by atoms with van der Waals surface area (Å²) in [5, 5.41) is 5.38. The Bertz CT molecular complexity index is 827. The molecule has 0 spiro atoms. The number of carbonyl (C=O) groups excluding carboxylic acids is 4. The molecule has 0 heterocycles. The van der Waals surface area contributed by atoms with Crippen LogP contribution < -0.4 is 10.6 Å². The maximum atomic E-state index is 12.5. The van der Waals surface area contributed by atoms with Crippen molar-refractivity contribution < 1.29 is 28.7 Å². The average molecular weight is 477 g/mol. The van der Waals surface area contributed by atoms with Crippen molar-refractivity contribution in [2.45, 2.75) is 86.0 Å². The van der Waals surface area contributed by atoms with Crippen LogP contribution in [-0.2, 0) is 36.9 Å². The molecule has 0 saturated carbocycles. The van der Waals surface area contributed by atoms with E-state index >= 15 is 0 Å². The number of ketones is 1. The molecule has 8 nitrogen and oxygen atoms in total. The molecule has 8 heteroatoms. The Labute approximate surface area is 203 Å². The van der Waals surface area contributed by atoms with Crippen LogP contribution in [0.3, 0.4) is 0 Å². The van der Waals surface area contributed by atoms with Crippen molar-refractivity contribution in [1.29, 1.82) is 0 Å². The first-order valence-corrected chi connectivity index (χ1v) is 11.8. The lowest BCUT2D eigenvalue weighted by atomic mass is 9.96. The van der Waals surface area contributed by atoms with Crippen molar-refractivity contribution in [1.82, 2.24) is 10.6 Å². The molecule has 0 fully saturated rings. The fourth-order valence-electron chi connectivity index (χ4n) is 2.81. The Morgan fingerprint density at radius 2 is 1.53 bits per heavy atom. The normalized spacial score (nSPS) is 13.1. The summed E-state index contributed by atoms with van der Waals surface area (Å²) in [5.74, 6) is -0.487. The van der Waals surface area contributed by atoms with E-state index in [9.17, 15) is 19.2 Å². The molecule has 0 radical (unpaired) electrons. The zero-order chi connectivity index (χ0) is 25.9. The second-order valence-electron chi connectivity index (χ2n) is 9.92. The van der Waals surface area contributed by atoms with Crippen LogP contribution >= 0.6 is 0 Å². The standard InChI is InChI=1S/C26H40N2O6/c1-17(2)18(3)24(31)28-19(4)22(29)15-20-10-12-21(13-11-20)16-33-23(30)9-8-14-27-25(32)34-26(5,6)7/h10-13,17-19H,8-9,14-16H2,1-7H3,(H,27,32)(H,28,31)/t18-,19-/m0/s1. The minimum Gasteiger partial charge on any atom is -0.461 e. The number of alkyl carbamates (subject to hydrolysis) is 1. The number of ether oxygens (including phenoxy) is 2. The van der Waals surface area contributed by atoms with E-state index in [0.29, 0.717) is 13.0 Å². The minimum atomic E-state index is -0.563. The average Bonchev–Trinajstić information content (AvgIpc) is 2.74. The number of nitrogens with one attached hydrogen (secondary N) is 2. The van der Waals surface area contributed by atoms with E-state index in [1.54, 1.807) is 27.7 Å². The summed E-state index contributed by atoms with van der Waals surface area (Å²) < 4.78 is 10.4. The topological polar surface area (TPSA) is 111 Å². The van der Waals surface area contributed by atoms with Crippen molar-refractivity contribution in [2.75, 3.05) is 6.54 Å². The van der Waals surface area contributed by atoms with Gasteiger partial charge in [0.2, 0.25) is 5.91 Å². The van der Waals surface area contributed by atoms with Crippen molar-refractivity contribution in [3.63, 3.8) is 0 Å². The molecule has 0 aliphatic rings. The Balaban J connectivity index is 2.35. The number of carbonyl (C=O) groups is 4. The quantitative estimate of drug-likeness (QED) is 0.349. The van der Waals surface area contributed by atoms with E-state index in [4.69, 9.17) is 9.47 Å². The van der Waals surface area contributed by atoms with Gasteiger partial charge in [-0.05, 0) is 51.2 Å². The van der Waals surface area contributed by atoms with E-state index in [2.05, 4.69) is 10.6 Å². The van der Waals surface area contributed by atoms with Gasteiger partial charge in [0, 0.05) is 25.3 Å². The number of amides is 2. The number of Topliss-reactive ketones (excluding diaryl/α,β-unsaturated/α-hetero) is 1. The van der Waals surface area contributed by atoms with Crippen molar-refractivity contribution in [2.24, 2.45) is 11.8 Å². The number of benzene rings is 1. The van der Waals surface area contributed by atoms with E-state index in [1.807, 2.05) is 45.0 Å². The Kier molecular flexibility index (Phi) is 11.8. The van der Waals surface area contributed by atoms with Gasteiger partial charge in [-0.15, -0.1) is 0 Å². The summed E-state index contributed by atoms with van der Waals surface area (Å²) in [6.07, 6.45) is 0.328. The van der Waals surface area contributed by atoms with Crippen molar-refractivity contribution in [3.8, 4) is 0 Å². The Hall–Kier alpha value is -2.90. The zero-order valence-electron chi connectivity index (χ0n) is 21.5. The summed E-state index contributed by atoms with van der Waals surface area (Å²) >= 11 is 0. The van der Waals surface area contributed by atoms with Crippen LogP contribution in [0.4, 0.5) is 4.79 Å². The Morgan fingerprint density at radius 1 is 0.941 bits per heavy atom. The maximum Gasteiger partial charge on any atom is 0.407 e. The Morgan fingerprint density at radius 3 is 2.09 bits per heavy atom. The third-order valence-corrected chi connectivity index (χ3v) is 5.28. The summed E-state index contributed by atoms with van der Waals surface area (Å²) in [5.41, 5.74) is 1.07. The number of hydrogen-bond donors (Lipinski definition) is 2. The molecule has 0 saturated heterocycles. The number of esters is 1. The lowest BCUT2D eigenvalue weighted by Gasteiger charge is -2.19. The SMILES string of the molecule is CC(C)[C@H](C)C(=O)N[C@@H](C)C(=O)Cc1ccc(COC(=O)CCCNC(=O)OC(C)(C)C)cc1. The van der Waals surface area contributed by atoms with Crippen LogP contribution in [0.15, 0.2) is 24.3 Å². The van der Waals surface area contributed by atoms with E-state index in [1.165, 1.54) is 0 Å². The molecule has 0 unspecified atom stereocenters. The molecule has 1 aromatic carbocycles. The lowest BCUT2D eigenvalue weighted by molar-refractivity contribution is -0.145. The highest BCUT2D eigenvalue weighted by Gasteiger charge is 2.21. The van der Waals surface area contributed by atoms with Crippen molar-refractivity contribution in [3.05, 3.63) is 35.4 Å². The fraction of sp³-hybridized carbons (Fsp3) is 0.615. The molecule has 0 aromatic heterocycles. The smallest absolute Gasteiger partial charge is 0.407 e. The summed E-state index contributed by atoms with van der Waals surface area (Å²) in [4.78, 5) is 48.1. The lowest BCUT2D eigenvalue weighted by Crippen LogP contribution is -2.42. The predicted molar refractivity (Wildman–Crippen MR) is 130 cm³/mol. The summed E-state index contributed by atoms with van der Waals surface area (Å²) in [7, 11) is 0. The van der Waals surface area contributed by atoms with Gasteiger partial charge in [-0.25, -0.2) is 4.79 Å². The molecule has 1 rings (SSSR count). The molecule has 2 N–H and O–H groups in total. The van der Waals surface area contributed by atoms with Gasteiger partial charge in [-0.2, -0.15) is 0 Å². The van der Waals surface area contributed by atoms with Crippen LogP contribution in [0.2, 0.25) is 0 Å². The van der Waals surface area contributed by atoms with Crippen molar-refractivity contribution >= 4 is 23.8 Å². The van der Waals surface area contributed by atoms with Crippen LogP contribution in [0, 0.1) is 11.8 Å². The van der Waals surface area contributed by atoms with Gasteiger partial charge in [0.25, 0.3) is 0 Å². The number of hydrogen-bond acceptors (Lipinski definition) is 6. The molecule has 190 valence electrons. The molecular weight excluding hydrogens is 436 g/mol. The second kappa shape index (κ2) is 13.7. The molecule has 2 amide bonds. The number of rotatable bonds is 12. The van der Waals surface area contributed by atoms with Gasteiger partial charge in [0.1, 0.15) is 12.2 Å². The van der Waals surface area contributed by atoms with Crippen LogP contribution in [-0.4, -0.2) is 41.9 Å². The van der Waals surface area contributed by atoms with Gasteiger partial charge in [0.15, 0.2) is 5.78 Å². The third kappa shape index (κ3) is 11.8. The highest BCUT2D eigenvalue weighted by Crippen LogP contribution is 2.12. The third-order valence-electron chi connectivity index (χ3n) is 5.28. The largest absolute Gasteiger partial charge is 0.461 e. The molecule has 0 bridgehead atoms. The van der Waals surface area contributed by atoms with Crippen LogP contribution in [0.1, 0.15) is 72.4 Å². The van der Waals surface area contributed by atoms with Gasteiger partial charge in [-0.1, -0.05) is 45.0 Å².